The highest BCUT2D eigenvalue weighted by Gasteiger charge is 2.32. The Labute approximate surface area is 104 Å². The second-order valence-corrected chi connectivity index (χ2v) is 5.43. The van der Waals surface area contributed by atoms with Gasteiger partial charge in [-0.25, -0.2) is 0 Å². The van der Waals surface area contributed by atoms with Crippen LogP contribution in [0.1, 0.15) is 39.5 Å². The maximum atomic E-state index is 11.7. The topological polar surface area (TPSA) is 41.6 Å². The predicted molar refractivity (Wildman–Crippen MR) is 66.5 cm³/mol. The second-order valence-electron chi connectivity index (χ2n) is 5.43. The number of nitrogens with zero attached hydrogens (tertiary/aromatic N) is 1. The summed E-state index contributed by atoms with van der Waals surface area (Å²) in [7, 11) is 0. The minimum atomic E-state index is 0.190. The lowest BCUT2D eigenvalue weighted by Crippen LogP contribution is -2.43. The summed E-state index contributed by atoms with van der Waals surface area (Å²) in [6.45, 7) is 6.17. The van der Waals surface area contributed by atoms with Crippen molar-refractivity contribution in [2.45, 2.75) is 51.8 Å². The molecule has 0 spiro atoms. The summed E-state index contributed by atoms with van der Waals surface area (Å²) in [5.41, 5.74) is 0. The van der Waals surface area contributed by atoms with Crippen molar-refractivity contribution in [3.05, 3.63) is 0 Å². The number of rotatable bonds is 5. The summed E-state index contributed by atoms with van der Waals surface area (Å²) in [6.07, 6.45) is 5.61. The van der Waals surface area contributed by atoms with E-state index in [1.54, 1.807) is 0 Å². The van der Waals surface area contributed by atoms with Gasteiger partial charge in [-0.1, -0.05) is 26.7 Å². The fraction of sp³-hybridized carbons (Fsp3) is 0.923. The van der Waals surface area contributed by atoms with E-state index in [4.69, 9.17) is 4.74 Å². The van der Waals surface area contributed by atoms with Gasteiger partial charge >= 0.3 is 0 Å². The third kappa shape index (κ3) is 3.19. The van der Waals surface area contributed by atoms with E-state index in [9.17, 15) is 4.79 Å². The lowest BCUT2D eigenvalue weighted by molar-refractivity contribution is -0.129. The fourth-order valence-corrected chi connectivity index (χ4v) is 2.79. The number of amides is 1. The molecule has 1 unspecified atom stereocenters. The van der Waals surface area contributed by atoms with E-state index >= 15 is 0 Å². The molecule has 2 rings (SSSR count). The number of hydrogen-bond acceptors (Lipinski definition) is 3. The zero-order valence-electron chi connectivity index (χ0n) is 10.9. The van der Waals surface area contributed by atoms with E-state index in [2.05, 4.69) is 19.2 Å². The SMILES string of the molecule is CC(C)C1NCC(=O)N1CCOC1CCCC1. The standard InChI is InChI=1S/C13H24N2O2/c1-10(2)13-14-9-12(16)15(13)7-8-17-11-5-3-4-6-11/h10-11,13-14H,3-9H2,1-2H3. The van der Waals surface area contributed by atoms with Crippen LogP contribution >= 0.6 is 0 Å². The average molecular weight is 240 g/mol. The largest absolute Gasteiger partial charge is 0.376 e. The molecule has 4 heteroatoms. The van der Waals surface area contributed by atoms with Crippen LogP contribution in [0.3, 0.4) is 0 Å². The van der Waals surface area contributed by atoms with Crippen LogP contribution in [0.15, 0.2) is 0 Å². The molecule has 0 bridgehead atoms. The number of carbonyl (C=O) groups is 1. The summed E-state index contributed by atoms with van der Waals surface area (Å²) < 4.78 is 5.82. The monoisotopic (exact) mass is 240 g/mol. The molecule has 1 amide bonds. The van der Waals surface area contributed by atoms with Gasteiger partial charge in [-0.15, -0.1) is 0 Å². The van der Waals surface area contributed by atoms with Gasteiger partial charge in [0, 0.05) is 6.54 Å². The van der Waals surface area contributed by atoms with Crippen LogP contribution in [0.25, 0.3) is 0 Å². The molecule has 0 aromatic rings. The molecule has 0 aromatic carbocycles. The molecule has 1 atom stereocenters. The van der Waals surface area contributed by atoms with E-state index < -0.39 is 0 Å². The van der Waals surface area contributed by atoms with Gasteiger partial charge in [0.1, 0.15) is 0 Å². The molecule has 2 aliphatic rings. The van der Waals surface area contributed by atoms with Gasteiger partial charge in [0.2, 0.25) is 5.91 Å². The number of nitrogens with one attached hydrogen (secondary N) is 1. The lowest BCUT2D eigenvalue weighted by Gasteiger charge is -2.27. The van der Waals surface area contributed by atoms with Crippen LogP contribution in [-0.4, -0.2) is 42.8 Å². The second kappa shape index (κ2) is 5.83. The molecule has 1 heterocycles. The van der Waals surface area contributed by atoms with E-state index in [1.165, 1.54) is 25.7 Å². The van der Waals surface area contributed by atoms with Gasteiger partial charge in [0.15, 0.2) is 0 Å². The van der Waals surface area contributed by atoms with Gasteiger partial charge in [0.05, 0.1) is 25.4 Å². The summed E-state index contributed by atoms with van der Waals surface area (Å²) in [5.74, 6) is 0.659. The molecule has 1 aliphatic carbocycles. The zero-order valence-corrected chi connectivity index (χ0v) is 10.9. The van der Waals surface area contributed by atoms with Crippen LogP contribution in [0.2, 0.25) is 0 Å². The first-order valence-corrected chi connectivity index (χ1v) is 6.83. The normalized spacial score (nSPS) is 26.4. The Morgan fingerprint density at radius 3 is 2.76 bits per heavy atom. The quantitative estimate of drug-likeness (QED) is 0.789. The number of hydrogen-bond donors (Lipinski definition) is 1. The van der Waals surface area contributed by atoms with E-state index in [0.29, 0.717) is 25.2 Å². The van der Waals surface area contributed by atoms with Crippen LogP contribution in [0.5, 0.6) is 0 Å². The van der Waals surface area contributed by atoms with Gasteiger partial charge in [-0.05, 0) is 18.8 Å². The molecular weight excluding hydrogens is 216 g/mol. The first-order valence-electron chi connectivity index (χ1n) is 6.83. The Balaban J connectivity index is 1.74. The van der Waals surface area contributed by atoms with Crippen LogP contribution in [0.4, 0.5) is 0 Å². The van der Waals surface area contributed by atoms with E-state index in [-0.39, 0.29) is 12.1 Å². The van der Waals surface area contributed by atoms with Crippen molar-refractivity contribution < 1.29 is 9.53 Å². The Hall–Kier alpha value is -0.610. The molecule has 98 valence electrons. The maximum absolute atomic E-state index is 11.7. The summed E-state index contributed by atoms with van der Waals surface area (Å²) in [6, 6.07) is 0. The predicted octanol–water partition coefficient (Wildman–Crippen LogP) is 1.36. The van der Waals surface area contributed by atoms with Crippen molar-refractivity contribution in [1.82, 2.24) is 10.2 Å². The maximum Gasteiger partial charge on any atom is 0.237 e. The lowest BCUT2D eigenvalue weighted by atomic mass is 10.1. The Morgan fingerprint density at radius 2 is 2.12 bits per heavy atom. The minimum absolute atomic E-state index is 0.190. The van der Waals surface area contributed by atoms with Crippen LogP contribution < -0.4 is 5.32 Å². The molecule has 2 fully saturated rings. The van der Waals surface area contributed by atoms with Crippen molar-refractivity contribution >= 4 is 5.91 Å². The third-order valence-corrected chi connectivity index (χ3v) is 3.74. The highest BCUT2D eigenvalue weighted by molar-refractivity contribution is 5.80. The molecule has 1 aliphatic heterocycles. The van der Waals surface area contributed by atoms with Gasteiger partial charge in [-0.2, -0.15) is 0 Å². The summed E-state index contributed by atoms with van der Waals surface area (Å²) >= 11 is 0. The Morgan fingerprint density at radius 1 is 1.41 bits per heavy atom. The fourth-order valence-electron chi connectivity index (χ4n) is 2.79. The molecule has 0 aromatic heterocycles. The van der Waals surface area contributed by atoms with Crippen molar-refractivity contribution in [1.29, 1.82) is 0 Å². The van der Waals surface area contributed by atoms with Gasteiger partial charge in [0.25, 0.3) is 0 Å². The zero-order chi connectivity index (χ0) is 12.3. The van der Waals surface area contributed by atoms with Crippen molar-refractivity contribution in [2.24, 2.45) is 5.92 Å². The molecular formula is C13H24N2O2. The summed E-state index contributed by atoms with van der Waals surface area (Å²) in [4.78, 5) is 13.7. The number of carbonyl (C=O) groups excluding carboxylic acids is 1. The molecule has 4 nitrogen and oxygen atoms in total. The van der Waals surface area contributed by atoms with Gasteiger partial charge < -0.3 is 9.64 Å². The highest BCUT2D eigenvalue weighted by Crippen LogP contribution is 2.21. The molecule has 1 N–H and O–H groups in total. The van der Waals surface area contributed by atoms with E-state index in [0.717, 1.165) is 6.54 Å². The molecule has 17 heavy (non-hydrogen) atoms. The summed E-state index contributed by atoms with van der Waals surface area (Å²) in [5, 5.41) is 3.26. The molecule has 1 saturated carbocycles. The van der Waals surface area contributed by atoms with E-state index in [1.807, 2.05) is 4.90 Å². The third-order valence-electron chi connectivity index (χ3n) is 3.74. The van der Waals surface area contributed by atoms with Crippen LogP contribution in [0, 0.1) is 5.92 Å². The average Bonchev–Trinajstić information content (AvgIpc) is 2.89. The Kier molecular flexibility index (Phi) is 4.40. The van der Waals surface area contributed by atoms with Gasteiger partial charge in [-0.3, -0.25) is 10.1 Å². The smallest absolute Gasteiger partial charge is 0.237 e. The first kappa shape index (κ1) is 12.8. The van der Waals surface area contributed by atoms with Crippen molar-refractivity contribution in [3.63, 3.8) is 0 Å². The minimum Gasteiger partial charge on any atom is -0.376 e. The van der Waals surface area contributed by atoms with Crippen molar-refractivity contribution in [2.75, 3.05) is 19.7 Å². The van der Waals surface area contributed by atoms with Crippen molar-refractivity contribution in [3.8, 4) is 0 Å². The molecule has 1 saturated heterocycles. The van der Waals surface area contributed by atoms with Crippen LogP contribution in [-0.2, 0) is 9.53 Å². The highest BCUT2D eigenvalue weighted by atomic mass is 16.5. The number of ether oxygens (including phenoxy) is 1. The first-order chi connectivity index (χ1) is 8.18. The Bertz CT molecular complexity index is 262. The molecule has 0 radical (unpaired) electrons.